The minimum atomic E-state index is -0.482. The number of methoxy groups -OCH3 is 1. The van der Waals surface area contributed by atoms with Gasteiger partial charge in [0.15, 0.2) is 0 Å². The summed E-state index contributed by atoms with van der Waals surface area (Å²) >= 11 is 0. The number of ether oxygens (including phenoxy) is 1. The maximum absolute atomic E-state index is 13.7. The van der Waals surface area contributed by atoms with Crippen LogP contribution in [0.1, 0.15) is 95.5 Å². The van der Waals surface area contributed by atoms with Crippen LogP contribution in [0.3, 0.4) is 0 Å². The van der Waals surface area contributed by atoms with Crippen LogP contribution < -0.4 is 4.74 Å². The number of fused-ring (bicyclic) bond motifs is 5. The average Bonchev–Trinajstić information content (AvgIpc) is 3.23. The summed E-state index contributed by atoms with van der Waals surface area (Å²) in [5.41, 5.74) is 1.44. The van der Waals surface area contributed by atoms with Crippen LogP contribution in [0.15, 0.2) is 24.3 Å². The summed E-state index contributed by atoms with van der Waals surface area (Å²) in [7, 11) is 3.71. The van der Waals surface area contributed by atoms with Gasteiger partial charge >= 0.3 is 5.97 Å². The molecule has 9 atom stereocenters. The number of carboxylic acids is 1. The number of rotatable bonds is 8. The summed E-state index contributed by atoms with van der Waals surface area (Å²) in [6.45, 7) is 0.813. The Morgan fingerprint density at radius 2 is 1.70 bits per heavy atom. The molecule has 0 spiro atoms. The second-order valence-corrected chi connectivity index (χ2v) is 15.4. The van der Waals surface area contributed by atoms with Crippen molar-refractivity contribution in [3.8, 4) is 5.75 Å². The van der Waals surface area contributed by atoms with E-state index in [2.05, 4.69) is 12.1 Å². The third-order valence-electron chi connectivity index (χ3n) is 13.5. The lowest BCUT2D eigenvalue weighted by atomic mass is 9.50. The fourth-order valence-electron chi connectivity index (χ4n) is 12.0. The number of carbonyl (C=O) groups is 2. The van der Waals surface area contributed by atoms with Gasteiger partial charge in [0.1, 0.15) is 5.75 Å². The molecule has 1 aromatic carbocycles. The van der Waals surface area contributed by atoms with E-state index in [4.69, 9.17) is 4.74 Å². The molecule has 5 nitrogen and oxygen atoms in total. The lowest BCUT2D eigenvalue weighted by molar-refractivity contribution is -0.152. The standard InChI is InChI=1S/C35H49NO4/c1-36(12-4-6-23-7-9-30(40-2)10-8-23)31(37)26-13-25-14-27-19-33(18-25,20-28(27)16-26)34-17-24-5-3-11-35(22-34,32(38)39)29(15-24)21-34/h7-10,24-29H,3-6,11-22H2,1-2H3,(H,38,39). The highest BCUT2D eigenvalue weighted by molar-refractivity contribution is 5.78. The third-order valence-corrected chi connectivity index (χ3v) is 13.5. The highest BCUT2D eigenvalue weighted by atomic mass is 16.5. The second kappa shape index (κ2) is 9.76. The predicted octanol–water partition coefficient (Wildman–Crippen LogP) is 6.98. The number of amides is 1. The fraction of sp³-hybridized carbons (Fsp3) is 0.771. The van der Waals surface area contributed by atoms with Gasteiger partial charge in [-0.25, -0.2) is 0 Å². The van der Waals surface area contributed by atoms with Gasteiger partial charge < -0.3 is 14.7 Å². The van der Waals surface area contributed by atoms with Crippen molar-refractivity contribution in [1.82, 2.24) is 4.90 Å². The summed E-state index contributed by atoms with van der Waals surface area (Å²) in [6.07, 6.45) is 17.1. The van der Waals surface area contributed by atoms with Gasteiger partial charge in [0, 0.05) is 19.5 Å². The van der Waals surface area contributed by atoms with E-state index in [1.807, 2.05) is 24.1 Å². The molecule has 6 bridgehead atoms. The Hall–Kier alpha value is -2.04. The second-order valence-electron chi connectivity index (χ2n) is 15.4. The number of hydrogen-bond donors (Lipinski definition) is 1. The molecule has 1 amide bonds. The van der Waals surface area contributed by atoms with Crippen molar-refractivity contribution in [3.05, 3.63) is 29.8 Å². The predicted molar refractivity (Wildman–Crippen MR) is 155 cm³/mol. The summed E-state index contributed by atoms with van der Waals surface area (Å²) in [5, 5.41) is 10.5. The maximum atomic E-state index is 13.7. The zero-order valence-corrected chi connectivity index (χ0v) is 24.7. The molecule has 1 aromatic rings. The number of aryl methyl sites for hydroxylation is 1. The zero-order valence-electron chi connectivity index (χ0n) is 24.7. The van der Waals surface area contributed by atoms with Crippen LogP contribution in [0.5, 0.6) is 5.75 Å². The summed E-state index contributed by atoms with van der Waals surface area (Å²) < 4.78 is 5.27. The maximum Gasteiger partial charge on any atom is 0.309 e. The number of aliphatic carboxylic acids is 1. The van der Waals surface area contributed by atoms with Crippen LogP contribution >= 0.6 is 0 Å². The van der Waals surface area contributed by atoms with Crippen molar-refractivity contribution in [2.75, 3.05) is 20.7 Å². The van der Waals surface area contributed by atoms with Crippen molar-refractivity contribution in [2.24, 2.45) is 51.8 Å². The number of benzene rings is 1. The quantitative estimate of drug-likeness (QED) is 0.381. The molecule has 6 saturated carbocycles. The number of nitrogens with zero attached hydrogens (tertiary/aromatic N) is 1. The molecule has 9 unspecified atom stereocenters. The molecule has 0 heterocycles. The van der Waals surface area contributed by atoms with E-state index >= 15 is 0 Å². The van der Waals surface area contributed by atoms with Gasteiger partial charge in [0.2, 0.25) is 5.91 Å². The third kappa shape index (κ3) is 4.15. The monoisotopic (exact) mass is 547 g/mol. The molecule has 218 valence electrons. The van der Waals surface area contributed by atoms with Crippen LogP contribution in [-0.4, -0.2) is 42.6 Å². The average molecular weight is 548 g/mol. The molecule has 6 aliphatic rings. The van der Waals surface area contributed by atoms with Crippen molar-refractivity contribution in [2.45, 2.75) is 96.3 Å². The van der Waals surface area contributed by atoms with Crippen molar-refractivity contribution < 1.29 is 19.4 Å². The summed E-state index contributed by atoms with van der Waals surface area (Å²) in [5.74, 6) is 4.16. The lowest BCUT2D eigenvalue weighted by Gasteiger charge is -2.55. The summed E-state index contributed by atoms with van der Waals surface area (Å²) in [4.78, 5) is 28.6. The Balaban J connectivity index is 1.03. The molecular weight excluding hydrogens is 498 g/mol. The zero-order chi connectivity index (χ0) is 27.7. The number of carbonyl (C=O) groups excluding carboxylic acids is 1. The first-order valence-corrected chi connectivity index (χ1v) is 16.4. The minimum Gasteiger partial charge on any atom is -0.497 e. The van der Waals surface area contributed by atoms with Crippen LogP contribution in [0.2, 0.25) is 0 Å². The van der Waals surface area contributed by atoms with Crippen molar-refractivity contribution in [1.29, 1.82) is 0 Å². The van der Waals surface area contributed by atoms with E-state index in [0.717, 1.165) is 69.1 Å². The largest absolute Gasteiger partial charge is 0.497 e. The van der Waals surface area contributed by atoms with Crippen molar-refractivity contribution in [3.63, 3.8) is 0 Å². The smallest absolute Gasteiger partial charge is 0.309 e. The van der Waals surface area contributed by atoms with E-state index < -0.39 is 11.4 Å². The Kier molecular flexibility index (Phi) is 6.55. The Bertz CT molecular complexity index is 1140. The topological polar surface area (TPSA) is 66.8 Å². The van der Waals surface area contributed by atoms with Gasteiger partial charge in [-0.3, -0.25) is 9.59 Å². The molecule has 0 aliphatic heterocycles. The van der Waals surface area contributed by atoms with E-state index in [9.17, 15) is 14.7 Å². The first kappa shape index (κ1) is 26.8. The highest BCUT2D eigenvalue weighted by Gasteiger charge is 2.71. The van der Waals surface area contributed by atoms with Gasteiger partial charge in [-0.2, -0.15) is 0 Å². The molecule has 0 saturated heterocycles. The van der Waals surface area contributed by atoms with Crippen LogP contribution in [0.4, 0.5) is 0 Å². The molecule has 1 N–H and O–H groups in total. The molecule has 6 aliphatic carbocycles. The van der Waals surface area contributed by atoms with Crippen molar-refractivity contribution >= 4 is 11.9 Å². The van der Waals surface area contributed by atoms with Gasteiger partial charge in [0.05, 0.1) is 12.5 Å². The normalized spacial score (nSPS) is 42.9. The SMILES string of the molecule is COc1ccc(CCCN(C)C(=O)C2CC3CC4CC(C56CC7CCCC(C(=O)O)(C5)C(C7)C6)(C3)CC4C2)cc1. The number of carboxylic acid groups (broad SMARTS) is 1. The van der Waals surface area contributed by atoms with E-state index in [-0.39, 0.29) is 11.3 Å². The van der Waals surface area contributed by atoms with Gasteiger partial charge in [-0.05, 0) is 142 Å². The Morgan fingerprint density at radius 3 is 2.45 bits per heavy atom. The van der Waals surface area contributed by atoms with Crippen LogP contribution in [-0.2, 0) is 16.0 Å². The van der Waals surface area contributed by atoms with E-state index in [1.165, 1.54) is 56.9 Å². The lowest BCUT2D eigenvalue weighted by Crippen LogP contribution is -2.46. The van der Waals surface area contributed by atoms with E-state index in [1.54, 1.807) is 7.11 Å². The van der Waals surface area contributed by atoms with Crippen LogP contribution in [0, 0.1) is 51.8 Å². The highest BCUT2D eigenvalue weighted by Crippen LogP contribution is 2.77. The molecule has 7 rings (SSSR count). The molecule has 40 heavy (non-hydrogen) atoms. The van der Waals surface area contributed by atoms with Gasteiger partial charge in [-0.15, -0.1) is 0 Å². The number of hydrogen-bond acceptors (Lipinski definition) is 3. The molecule has 6 fully saturated rings. The Labute approximate surface area is 240 Å². The Morgan fingerprint density at radius 1 is 0.950 bits per heavy atom. The van der Waals surface area contributed by atoms with Crippen LogP contribution in [0.25, 0.3) is 0 Å². The molecule has 0 radical (unpaired) electrons. The summed E-state index contributed by atoms with van der Waals surface area (Å²) in [6, 6.07) is 8.27. The van der Waals surface area contributed by atoms with Gasteiger partial charge in [0.25, 0.3) is 0 Å². The molecular formula is C35H49NO4. The molecule has 0 aromatic heterocycles. The first-order chi connectivity index (χ1) is 19.2. The minimum absolute atomic E-state index is 0.173. The fourth-order valence-corrected chi connectivity index (χ4v) is 12.0. The van der Waals surface area contributed by atoms with E-state index in [0.29, 0.717) is 29.1 Å². The molecule has 5 heteroatoms. The first-order valence-electron chi connectivity index (χ1n) is 16.4. The van der Waals surface area contributed by atoms with Gasteiger partial charge in [-0.1, -0.05) is 25.0 Å².